The molecule has 0 aromatic heterocycles. The summed E-state index contributed by atoms with van der Waals surface area (Å²) in [5.74, 6) is 0.395. The van der Waals surface area contributed by atoms with E-state index >= 15 is 0 Å². The maximum Gasteiger partial charge on any atom is 0.306 e. The van der Waals surface area contributed by atoms with Crippen molar-refractivity contribution in [3.63, 3.8) is 0 Å². The lowest BCUT2D eigenvalue weighted by Crippen LogP contribution is -2.06. The van der Waals surface area contributed by atoms with E-state index in [1.165, 1.54) is 26.4 Å². The molecule has 3 rings (SSSR count). The van der Waals surface area contributed by atoms with Crippen molar-refractivity contribution < 1.29 is 28.5 Å². The van der Waals surface area contributed by atoms with E-state index in [2.05, 4.69) is 0 Å². The average molecular weight is 424 g/mol. The SMILES string of the molecule is COC(=O)C[C@@H](C)c1cccc(OCc2ccc(-c3cc(OC)ccc3F)c(O)c2)c1. The number of hydrogen-bond donors (Lipinski definition) is 1. The zero-order valence-electron chi connectivity index (χ0n) is 17.7. The van der Waals surface area contributed by atoms with Gasteiger partial charge in [-0.25, -0.2) is 4.39 Å². The van der Waals surface area contributed by atoms with Crippen LogP contribution >= 0.6 is 0 Å². The molecule has 0 heterocycles. The molecule has 0 bridgehead atoms. The van der Waals surface area contributed by atoms with Gasteiger partial charge in [-0.15, -0.1) is 0 Å². The Balaban J connectivity index is 1.72. The van der Waals surface area contributed by atoms with Crippen molar-refractivity contribution in [2.24, 2.45) is 0 Å². The average Bonchev–Trinajstić information content (AvgIpc) is 2.78. The van der Waals surface area contributed by atoms with Gasteiger partial charge in [0.15, 0.2) is 0 Å². The van der Waals surface area contributed by atoms with Crippen LogP contribution in [0.2, 0.25) is 0 Å². The van der Waals surface area contributed by atoms with Crippen molar-refractivity contribution in [3.05, 3.63) is 77.6 Å². The van der Waals surface area contributed by atoms with Crippen molar-refractivity contribution in [3.8, 4) is 28.4 Å². The minimum atomic E-state index is -0.446. The first kappa shape index (κ1) is 22.2. The molecule has 0 aliphatic heterocycles. The van der Waals surface area contributed by atoms with Gasteiger partial charge in [-0.3, -0.25) is 4.79 Å². The summed E-state index contributed by atoms with van der Waals surface area (Å²) in [4.78, 5) is 11.5. The summed E-state index contributed by atoms with van der Waals surface area (Å²) in [7, 11) is 2.88. The van der Waals surface area contributed by atoms with Gasteiger partial charge in [0.25, 0.3) is 0 Å². The molecule has 0 spiro atoms. The minimum Gasteiger partial charge on any atom is -0.507 e. The first-order valence-electron chi connectivity index (χ1n) is 9.86. The van der Waals surface area contributed by atoms with E-state index in [1.54, 1.807) is 24.3 Å². The van der Waals surface area contributed by atoms with Gasteiger partial charge in [-0.1, -0.05) is 31.2 Å². The third-order valence-corrected chi connectivity index (χ3v) is 5.06. The molecule has 3 aromatic carbocycles. The van der Waals surface area contributed by atoms with Crippen LogP contribution in [-0.2, 0) is 16.1 Å². The second-order valence-corrected chi connectivity index (χ2v) is 7.24. The van der Waals surface area contributed by atoms with Crippen LogP contribution in [0.4, 0.5) is 4.39 Å². The number of phenolic OH excluding ortho intramolecular Hbond substituents is 1. The van der Waals surface area contributed by atoms with E-state index in [1.807, 2.05) is 31.2 Å². The summed E-state index contributed by atoms with van der Waals surface area (Å²) in [6.45, 7) is 2.17. The van der Waals surface area contributed by atoms with Crippen LogP contribution in [-0.4, -0.2) is 25.3 Å². The molecule has 5 nitrogen and oxygen atoms in total. The number of methoxy groups -OCH3 is 2. The van der Waals surface area contributed by atoms with Crippen molar-refractivity contribution in [2.75, 3.05) is 14.2 Å². The molecule has 0 aliphatic carbocycles. The molecule has 0 unspecified atom stereocenters. The largest absolute Gasteiger partial charge is 0.507 e. The maximum atomic E-state index is 14.2. The molecule has 0 aliphatic rings. The summed E-state index contributed by atoms with van der Waals surface area (Å²) in [6, 6.07) is 16.9. The number of halogens is 1. The molecular weight excluding hydrogens is 399 g/mol. The van der Waals surface area contributed by atoms with Gasteiger partial charge < -0.3 is 19.3 Å². The van der Waals surface area contributed by atoms with E-state index in [4.69, 9.17) is 14.2 Å². The van der Waals surface area contributed by atoms with E-state index in [-0.39, 0.29) is 36.2 Å². The van der Waals surface area contributed by atoms with Gasteiger partial charge >= 0.3 is 5.97 Å². The van der Waals surface area contributed by atoms with Crippen LogP contribution in [0.15, 0.2) is 60.7 Å². The molecule has 1 N–H and O–H groups in total. The summed E-state index contributed by atoms with van der Waals surface area (Å²) in [6.07, 6.45) is 0.288. The molecule has 6 heteroatoms. The van der Waals surface area contributed by atoms with E-state index in [9.17, 15) is 14.3 Å². The van der Waals surface area contributed by atoms with Gasteiger partial charge in [-0.05, 0) is 53.4 Å². The lowest BCUT2D eigenvalue weighted by molar-refractivity contribution is -0.140. The predicted octanol–water partition coefficient (Wildman–Crippen LogP) is 5.45. The number of benzene rings is 3. The van der Waals surface area contributed by atoms with Gasteiger partial charge in [0.05, 0.1) is 20.6 Å². The molecule has 0 fully saturated rings. The van der Waals surface area contributed by atoms with Gasteiger partial charge in [0.2, 0.25) is 0 Å². The fraction of sp³-hybridized carbons (Fsp3) is 0.240. The molecule has 162 valence electrons. The van der Waals surface area contributed by atoms with Crippen LogP contribution in [0.3, 0.4) is 0 Å². The van der Waals surface area contributed by atoms with Gasteiger partial charge in [0, 0.05) is 11.1 Å². The Hall–Kier alpha value is -3.54. The lowest BCUT2D eigenvalue weighted by atomic mass is 9.98. The molecule has 0 saturated heterocycles. The second kappa shape index (κ2) is 9.98. The molecule has 3 aromatic rings. The number of carbonyl (C=O) groups is 1. The van der Waals surface area contributed by atoms with E-state index < -0.39 is 5.82 Å². The Bertz CT molecular complexity index is 1060. The smallest absolute Gasteiger partial charge is 0.306 e. The Morgan fingerprint density at radius 3 is 2.52 bits per heavy atom. The Morgan fingerprint density at radius 2 is 1.81 bits per heavy atom. The Labute approximate surface area is 181 Å². The lowest BCUT2D eigenvalue weighted by Gasteiger charge is -2.13. The number of ether oxygens (including phenoxy) is 3. The summed E-state index contributed by atoms with van der Waals surface area (Å²) < 4.78 is 29.9. The normalized spacial score (nSPS) is 11.6. The van der Waals surface area contributed by atoms with Gasteiger partial charge in [0.1, 0.15) is 29.7 Å². The monoisotopic (exact) mass is 424 g/mol. The number of phenols is 1. The Kier molecular flexibility index (Phi) is 7.13. The molecule has 0 radical (unpaired) electrons. The third kappa shape index (κ3) is 5.54. The minimum absolute atomic E-state index is 0.00270. The maximum absolute atomic E-state index is 14.2. The summed E-state index contributed by atoms with van der Waals surface area (Å²) in [5.41, 5.74) is 2.34. The molecule has 0 saturated carbocycles. The van der Waals surface area contributed by atoms with Gasteiger partial charge in [-0.2, -0.15) is 0 Å². The van der Waals surface area contributed by atoms with Crippen molar-refractivity contribution in [1.82, 2.24) is 0 Å². The van der Waals surface area contributed by atoms with Crippen LogP contribution in [0.1, 0.15) is 30.4 Å². The number of carbonyl (C=O) groups excluding carboxylic acids is 1. The fourth-order valence-corrected chi connectivity index (χ4v) is 3.26. The van der Waals surface area contributed by atoms with E-state index in [0.717, 1.165) is 11.1 Å². The second-order valence-electron chi connectivity index (χ2n) is 7.24. The zero-order chi connectivity index (χ0) is 22.4. The molecule has 1 atom stereocenters. The molecular formula is C25H25FO5. The standard InChI is InChI=1S/C25H25FO5/c1-16(11-25(28)30-3)18-5-4-6-20(13-18)31-15-17-7-9-21(24(27)12-17)22-14-19(29-2)8-10-23(22)26/h4-10,12-14,16,27H,11,15H2,1-3H3/t16-/m1/s1. The molecule has 31 heavy (non-hydrogen) atoms. The van der Waals surface area contributed by atoms with Crippen molar-refractivity contribution >= 4 is 5.97 Å². The van der Waals surface area contributed by atoms with Crippen LogP contribution < -0.4 is 9.47 Å². The highest BCUT2D eigenvalue weighted by molar-refractivity contribution is 5.72. The van der Waals surface area contributed by atoms with Crippen molar-refractivity contribution in [2.45, 2.75) is 25.9 Å². The fourth-order valence-electron chi connectivity index (χ4n) is 3.26. The Morgan fingerprint density at radius 1 is 1.00 bits per heavy atom. The van der Waals surface area contributed by atoms with Crippen LogP contribution in [0.25, 0.3) is 11.1 Å². The quantitative estimate of drug-likeness (QED) is 0.487. The summed E-state index contributed by atoms with van der Waals surface area (Å²) in [5, 5.41) is 10.4. The third-order valence-electron chi connectivity index (χ3n) is 5.06. The highest BCUT2D eigenvalue weighted by Crippen LogP contribution is 2.34. The number of esters is 1. The number of aromatic hydroxyl groups is 1. The highest BCUT2D eigenvalue weighted by atomic mass is 19.1. The number of rotatable bonds is 8. The summed E-state index contributed by atoms with van der Waals surface area (Å²) >= 11 is 0. The first-order chi connectivity index (χ1) is 14.9. The zero-order valence-corrected chi connectivity index (χ0v) is 17.7. The highest BCUT2D eigenvalue weighted by Gasteiger charge is 2.14. The van der Waals surface area contributed by atoms with Crippen LogP contribution in [0, 0.1) is 5.82 Å². The number of hydrogen-bond acceptors (Lipinski definition) is 5. The predicted molar refractivity (Wildman–Crippen MR) is 116 cm³/mol. The van der Waals surface area contributed by atoms with E-state index in [0.29, 0.717) is 17.1 Å². The molecule has 0 amide bonds. The topological polar surface area (TPSA) is 65.0 Å². The first-order valence-corrected chi connectivity index (χ1v) is 9.86. The van der Waals surface area contributed by atoms with Crippen molar-refractivity contribution in [1.29, 1.82) is 0 Å². The van der Waals surface area contributed by atoms with Crippen LogP contribution in [0.5, 0.6) is 17.2 Å².